The van der Waals surface area contributed by atoms with Gasteiger partial charge in [-0.3, -0.25) is 4.79 Å². The maximum absolute atomic E-state index is 13.9. The molecule has 0 spiro atoms. The fourth-order valence-electron chi connectivity index (χ4n) is 1.77. The normalized spacial score (nSPS) is 11.5. The van der Waals surface area contributed by atoms with Crippen molar-refractivity contribution in [2.24, 2.45) is 0 Å². The molecule has 0 saturated carbocycles. The predicted molar refractivity (Wildman–Crippen MR) is 68.9 cm³/mol. The monoisotopic (exact) mass is 237 g/mol. The van der Waals surface area contributed by atoms with Gasteiger partial charge in [-0.1, -0.05) is 20.8 Å². The molecule has 1 amide bonds. The molecule has 0 atom stereocenters. The van der Waals surface area contributed by atoms with Gasteiger partial charge in [0.05, 0.1) is 0 Å². The first-order valence-electron chi connectivity index (χ1n) is 5.69. The van der Waals surface area contributed by atoms with Crippen molar-refractivity contribution in [3.63, 3.8) is 0 Å². The fourth-order valence-corrected chi connectivity index (χ4v) is 1.77. The van der Waals surface area contributed by atoms with E-state index in [0.29, 0.717) is 5.56 Å². The highest BCUT2D eigenvalue weighted by Crippen LogP contribution is 2.31. The lowest BCUT2D eigenvalue weighted by molar-refractivity contribution is -0.116. The van der Waals surface area contributed by atoms with Gasteiger partial charge >= 0.3 is 0 Å². The molecule has 0 aromatic heterocycles. The average Bonchev–Trinajstić information content (AvgIpc) is 2.14. The number of nitrogens with zero attached hydrogens (tertiary/aromatic N) is 1. The van der Waals surface area contributed by atoms with Crippen LogP contribution in [0.1, 0.15) is 38.8 Å². The Labute approximate surface area is 102 Å². The van der Waals surface area contributed by atoms with Crippen LogP contribution in [0.5, 0.6) is 0 Å². The summed E-state index contributed by atoms with van der Waals surface area (Å²) in [7, 11) is 1.70. The van der Waals surface area contributed by atoms with E-state index in [0.717, 1.165) is 11.3 Å². The highest BCUT2D eigenvalue weighted by atomic mass is 19.1. The maximum atomic E-state index is 13.9. The van der Waals surface area contributed by atoms with Gasteiger partial charge in [-0.2, -0.15) is 0 Å². The topological polar surface area (TPSA) is 20.3 Å². The van der Waals surface area contributed by atoms with Crippen molar-refractivity contribution in [1.29, 1.82) is 0 Å². The first-order chi connectivity index (χ1) is 7.64. The van der Waals surface area contributed by atoms with Crippen molar-refractivity contribution in [2.45, 2.75) is 40.0 Å². The Balaban J connectivity index is 3.39. The molecule has 0 saturated heterocycles. The summed E-state index contributed by atoms with van der Waals surface area (Å²) in [6, 6.07) is 3.27. The van der Waals surface area contributed by atoms with Crippen LogP contribution in [0.4, 0.5) is 10.1 Å². The summed E-state index contributed by atoms with van der Waals surface area (Å²) in [5.74, 6) is -0.268. The van der Waals surface area contributed by atoms with E-state index in [1.54, 1.807) is 18.0 Å². The first kappa shape index (κ1) is 13.7. The Hall–Kier alpha value is -1.38. The number of amides is 1. The van der Waals surface area contributed by atoms with Gasteiger partial charge in [0.25, 0.3) is 0 Å². The molecule has 94 valence electrons. The van der Waals surface area contributed by atoms with Gasteiger partial charge in [-0.15, -0.1) is 0 Å². The second-order valence-corrected chi connectivity index (χ2v) is 5.45. The predicted octanol–water partition coefficient (Wildman–Crippen LogP) is 3.41. The van der Waals surface area contributed by atoms with E-state index >= 15 is 0 Å². The van der Waals surface area contributed by atoms with E-state index in [4.69, 9.17) is 0 Å². The molecule has 1 rings (SSSR count). The Morgan fingerprint density at radius 3 is 2.24 bits per heavy atom. The summed E-state index contributed by atoms with van der Waals surface area (Å²) in [5.41, 5.74) is 1.90. The molecule has 1 aromatic carbocycles. The molecule has 0 heterocycles. The van der Waals surface area contributed by atoms with Gasteiger partial charge < -0.3 is 4.90 Å². The van der Waals surface area contributed by atoms with E-state index in [1.807, 2.05) is 27.7 Å². The number of benzene rings is 1. The molecular weight excluding hydrogens is 217 g/mol. The highest BCUT2D eigenvalue weighted by molar-refractivity contribution is 5.91. The number of aryl methyl sites for hydroxylation is 1. The summed E-state index contributed by atoms with van der Waals surface area (Å²) in [5, 5.41) is 0. The third-order valence-electron chi connectivity index (χ3n) is 2.93. The van der Waals surface area contributed by atoms with Crippen molar-refractivity contribution >= 4 is 11.6 Å². The smallest absolute Gasteiger partial charge is 0.223 e. The largest absolute Gasteiger partial charge is 0.315 e. The molecule has 17 heavy (non-hydrogen) atoms. The number of anilines is 1. The SMILES string of the molecule is CC(=O)N(C)c1cc(C(C)(C)C)c(F)cc1C. The molecule has 1 aromatic rings. The fraction of sp³-hybridized carbons (Fsp3) is 0.500. The lowest BCUT2D eigenvalue weighted by atomic mass is 9.85. The number of hydrogen-bond acceptors (Lipinski definition) is 1. The Bertz CT molecular complexity index is 446. The van der Waals surface area contributed by atoms with Crippen LogP contribution in [0, 0.1) is 12.7 Å². The van der Waals surface area contributed by atoms with Gasteiger partial charge in [0.1, 0.15) is 5.82 Å². The quantitative estimate of drug-likeness (QED) is 0.733. The minimum Gasteiger partial charge on any atom is -0.315 e. The molecule has 0 aliphatic carbocycles. The molecular formula is C14H20FNO. The van der Waals surface area contributed by atoms with E-state index in [9.17, 15) is 9.18 Å². The lowest BCUT2D eigenvalue weighted by Gasteiger charge is -2.24. The van der Waals surface area contributed by atoms with Crippen LogP contribution in [0.25, 0.3) is 0 Å². The summed E-state index contributed by atoms with van der Waals surface area (Å²) < 4.78 is 13.9. The van der Waals surface area contributed by atoms with E-state index in [1.165, 1.54) is 13.0 Å². The maximum Gasteiger partial charge on any atom is 0.223 e. The number of carbonyl (C=O) groups excluding carboxylic acids is 1. The molecule has 3 heteroatoms. The summed E-state index contributed by atoms with van der Waals surface area (Å²) in [6.07, 6.45) is 0. The molecule has 0 fully saturated rings. The Morgan fingerprint density at radius 2 is 1.82 bits per heavy atom. The van der Waals surface area contributed by atoms with E-state index < -0.39 is 0 Å². The molecule has 2 nitrogen and oxygen atoms in total. The van der Waals surface area contributed by atoms with Gasteiger partial charge in [-0.25, -0.2) is 4.39 Å². The summed E-state index contributed by atoms with van der Waals surface area (Å²) in [4.78, 5) is 12.9. The number of hydrogen-bond donors (Lipinski definition) is 0. The van der Waals surface area contributed by atoms with Gasteiger partial charge in [0, 0.05) is 19.7 Å². The Morgan fingerprint density at radius 1 is 1.29 bits per heavy atom. The minimum absolute atomic E-state index is 0.0560. The van der Waals surface area contributed by atoms with Crippen molar-refractivity contribution in [3.8, 4) is 0 Å². The lowest BCUT2D eigenvalue weighted by Crippen LogP contribution is -2.25. The number of rotatable bonds is 1. The van der Waals surface area contributed by atoms with Crippen molar-refractivity contribution in [1.82, 2.24) is 0 Å². The van der Waals surface area contributed by atoms with E-state index in [-0.39, 0.29) is 17.1 Å². The second-order valence-electron chi connectivity index (χ2n) is 5.45. The number of halogens is 1. The third-order valence-corrected chi connectivity index (χ3v) is 2.93. The second kappa shape index (κ2) is 4.47. The Kier molecular flexibility index (Phi) is 3.60. The summed E-state index contributed by atoms with van der Waals surface area (Å²) >= 11 is 0. The van der Waals surface area contributed by atoms with Crippen LogP contribution < -0.4 is 4.90 Å². The highest BCUT2D eigenvalue weighted by Gasteiger charge is 2.21. The van der Waals surface area contributed by atoms with Crippen molar-refractivity contribution in [3.05, 3.63) is 29.1 Å². The number of carbonyl (C=O) groups is 1. The molecule has 0 unspecified atom stereocenters. The molecule has 0 aliphatic rings. The standard InChI is InChI=1S/C14H20FNO/c1-9-7-12(15)11(14(3,4)5)8-13(9)16(6)10(2)17/h7-8H,1-6H3. The average molecular weight is 237 g/mol. The van der Waals surface area contributed by atoms with Crippen LogP contribution in [0.15, 0.2) is 12.1 Å². The first-order valence-corrected chi connectivity index (χ1v) is 5.69. The molecule has 0 N–H and O–H groups in total. The van der Waals surface area contributed by atoms with Crippen LogP contribution in [0.2, 0.25) is 0 Å². The zero-order valence-electron chi connectivity index (χ0n) is 11.4. The van der Waals surface area contributed by atoms with Crippen molar-refractivity contribution in [2.75, 3.05) is 11.9 Å². The van der Waals surface area contributed by atoms with Crippen LogP contribution in [-0.2, 0) is 10.2 Å². The summed E-state index contributed by atoms with van der Waals surface area (Å²) in [6.45, 7) is 9.18. The van der Waals surface area contributed by atoms with E-state index in [2.05, 4.69) is 0 Å². The van der Waals surface area contributed by atoms with Crippen LogP contribution >= 0.6 is 0 Å². The molecule has 0 bridgehead atoms. The third kappa shape index (κ3) is 2.84. The zero-order valence-corrected chi connectivity index (χ0v) is 11.4. The van der Waals surface area contributed by atoms with Gasteiger partial charge in [-0.05, 0) is 35.6 Å². The van der Waals surface area contributed by atoms with Gasteiger partial charge in [0.15, 0.2) is 0 Å². The zero-order chi connectivity index (χ0) is 13.4. The van der Waals surface area contributed by atoms with Gasteiger partial charge in [0.2, 0.25) is 5.91 Å². The molecule has 0 radical (unpaired) electrons. The van der Waals surface area contributed by atoms with Crippen LogP contribution in [0.3, 0.4) is 0 Å². The van der Waals surface area contributed by atoms with Crippen LogP contribution in [-0.4, -0.2) is 13.0 Å². The van der Waals surface area contributed by atoms with Crippen molar-refractivity contribution < 1.29 is 9.18 Å². The minimum atomic E-state index is -0.274. The molecule has 0 aliphatic heterocycles.